The summed E-state index contributed by atoms with van der Waals surface area (Å²) < 4.78 is 0. The first-order valence-corrected chi connectivity index (χ1v) is 6.88. The number of phenolic OH excluding ortho intramolecular Hbond substituents is 1. The number of hydrogen-bond donors (Lipinski definition) is 2. The number of hydrogen-bond acceptors (Lipinski definition) is 2. The van der Waals surface area contributed by atoms with Crippen molar-refractivity contribution in [2.24, 2.45) is 0 Å². The van der Waals surface area contributed by atoms with Gasteiger partial charge in [0.2, 0.25) is 0 Å². The van der Waals surface area contributed by atoms with Crippen LogP contribution in [0.2, 0.25) is 0 Å². The molecule has 1 aliphatic rings. The highest BCUT2D eigenvalue weighted by molar-refractivity contribution is 5.95. The SMILES string of the molecule is C=Cc1ccc(C(=O)O)c2c1-c1ccc(O)c(C)c1CC2. The smallest absolute Gasteiger partial charge is 0.335 e. The van der Waals surface area contributed by atoms with E-state index in [1.165, 1.54) is 0 Å². The number of benzene rings is 2. The highest BCUT2D eigenvalue weighted by atomic mass is 16.4. The number of rotatable bonds is 2. The normalized spacial score (nSPS) is 12.4. The van der Waals surface area contributed by atoms with Gasteiger partial charge in [0, 0.05) is 0 Å². The first kappa shape index (κ1) is 13.4. The molecule has 0 spiro atoms. The highest BCUT2D eigenvalue weighted by Gasteiger charge is 2.25. The van der Waals surface area contributed by atoms with Crippen molar-refractivity contribution in [2.75, 3.05) is 0 Å². The Balaban J connectivity index is 2.38. The topological polar surface area (TPSA) is 57.5 Å². The van der Waals surface area contributed by atoms with E-state index in [0.717, 1.165) is 39.8 Å². The van der Waals surface area contributed by atoms with Gasteiger partial charge in [0.05, 0.1) is 5.56 Å². The zero-order valence-electron chi connectivity index (χ0n) is 11.8. The molecule has 0 heterocycles. The van der Waals surface area contributed by atoms with Gasteiger partial charge in [-0.1, -0.05) is 24.8 Å². The minimum Gasteiger partial charge on any atom is -0.508 e. The molecule has 0 saturated carbocycles. The molecule has 0 unspecified atom stereocenters. The third-order valence-electron chi connectivity index (χ3n) is 4.26. The van der Waals surface area contributed by atoms with E-state index in [2.05, 4.69) is 6.58 Å². The Labute approximate surface area is 123 Å². The number of phenols is 1. The summed E-state index contributed by atoms with van der Waals surface area (Å²) in [6, 6.07) is 6.99. The van der Waals surface area contributed by atoms with Crippen LogP contribution in [0.1, 0.15) is 32.6 Å². The number of carboxylic acid groups (broad SMARTS) is 1. The third-order valence-corrected chi connectivity index (χ3v) is 4.26. The molecule has 0 aliphatic heterocycles. The number of aromatic hydroxyl groups is 1. The van der Waals surface area contributed by atoms with Crippen LogP contribution in [-0.2, 0) is 12.8 Å². The lowest BCUT2D eigenvalue weighted by Crippen LogP contribution is -2.12. The molecule has 3 nitrogen and oxygen atoms in total. The summed E-state index contributed by atoms with van der Waals surface area (Å²) in [4.78, 5) is 11.4. The van der Waals surface area contributed by atoms with Crippen molar-refractivity contribution in [2.45, 2.75) is 19.8 Å². The minimum absolute atomic E-state index is 0.284. The minimum atomic E-state index is -0.902. The average molecular weight is 280 g/mol. The Morgan fingerprint density at radius 1 is 1.19 bits per heavy atom. The Kier molecular flexibility index (Phi) is 3.05. The van der Waals surface area contributed by atoms with Gasteiger partial charge in [-0.25, -0.2) is 4.79 Å². The lowest BCUT2D eigenvalue weighted by atomic mass is 9.79. The summed E-state index contributed by atoms with van der Waals surface area (Å²) in [6.07, 6.45) is 3.15. The van der Waals surface area contributed by atoms with Crippen LogP contribution in [0.4, 0.5) is 0 Å². The Morgan fingerprint density at radius 3 is 2.57 bits per heavy atom. The maximum Gasteiger partial charge on any atom is 0.335 e. The van der Waals surface area contributed by atoms with Crippen LogP contribution in [0.25, 0.3) is 17.2 Å². The van der Waals surface area contributed by atoms with Crippen LogP contribution >= 0.6 is 0 Å². The number of carbonyl (C=O) groups is 1. The molecule has 0 amide bonds. The fourth-order valence-electron chi connectivity index (χ4n) is 3.16. The first-order chi connectivity index (χ1) is 10.0. The molecule has 0 fully saturated rings. The van der Waals surface area contributed by atoms with Crippen molar-refractivity contribution in [3.05, 3.63) is 58.7 Å². The largest absolute Gasteiger partial charge is 0.508 e. The van der Waals surface area contributed by atoms with Crippen molar-refractivity contribution >= 4 is 12.0 Å². The van der Waals surface area contributed by atoms with Crippen LogP contribution in [0.15, 0.2) is 30.8 Å². The van der Waals surface area contributed by atoms with Crippen LogP contribution in [0, 0.1) is 6.92 Å². The zero-order chi connectivity index (χ0) is 15.1. The summed E-state index contributed by atoms with van der Waals surface area (Å²) in [5, 5.41) is 19.3. The maximum absolute atomic E-state index is 11.4. The molecule has 2 aromatic carbocycles. The van der Waals surface area contributed by atoms with Crippen LogP contribution in [-0.4, -0.2) is 16.2 Å². The molecule has 21 heavy (non-hydrogen) atoms. The van der Waals surface area contributed by atoms with Crippen molar-refractivity contribution in [1.29, 1.82) is 0 Å². The summed E-state index contributed by atoms with van der Waals surface area (Å²) >= 11 is 0. The van der Waals surface area contributed by atoms with Crippen molar-refractivity contribution in [3.8, 4) is 16.9 Å². The van der Waals surface area contributed by atoms with Crippen LogP contribution < -0.4 is 0 Å². The monoisotopic (exact) mass is 280 g/mol. The molecule has 2 aromatic rings. The lowest BCUT2D eigenvalue weighted by Gasteiger charge is -2.25. The quantitative estimate of drug-likeness (QED) is 0.879. The van der Waals surface area contributed by atoms with E-state index in [1.54, 1.807) is 24.3 Å². The molecule has 0 radical (unpaired) electrons. The summed E-state index contributed by atoms with van der Waals surface area (Å²) in [6.45, 7) is 5.73. The molecule has 0 aromatic heterocycles. The molecule has 0 saturated heterocycles. The molecule has 1 aliphatic carbocycles. The fourth-order valence-corrected chi connectivity index (χ4v) is 3.16. The van der Waals surface area contributed by atoms with E-state index >= 15 is 0 Å². The van der Waals surface area contributed by atoms with Gasteiger partial charge >= 0.3 is 5.97 Å². The van der Waals surface area contributed by atoms with E-state index < -0.39 is 5.97 Å². The maximum atomic E-state index is 11.4. The lowest BCUT2D eigenvalue weighted by molar-refractivity contribution is 0.0695. The van der Waals surface area contributed by atoms with E-state index in [0.29, 0.717) is 12.0 Å². The van der Waals surface area contributed by atoms with Crippen molar-refractivity contribution in [3.63, 3.8) is 0 Å². The average Bonchev–Trinajstić information content (AvgIpc) is 2.49. The molecule has 2 N–H and O–H groups in total. The van der Waals surface area contributed by atoms with E-state index in [-0.39, 0.29) is 5.75 Å². The zero-order valence-corrected chi connectivity index (χ0v) is 11.8. The van der Waals surface area contributed by atoms with Crippen molar-refractivity contribution < 1.29 is 15.0 Å². The van der Waals surface area contributed by atoms with Gasteiger partial charge in [0.1, 0.15) is 5.75 Å². The fraction of sp³-hybridized carbons (Fsp3) is 0.167. The molecule has 3 rings (SSSR count). The van der Waals surface area contributed by atoms with E-state index in [9.17, 15) is 15.0 Å². The molecular weight excluding hydrogens is 264 g/mol. The van der Waals surface area contributed by atoms with Crippen LogP contribution in [0.3, 0.4) is 0 Å². The Hall–Kier alpha value is -2.55. The summed E-state index contributed by atoms with van der Waals surface area (Å²) in [5.74, 6) is -0.618. The second-order valence-corrected chi connectivity index (χ2v) is 5.30. The second-order valence-electron chi connectivity index (χ2n) is 5.30. The molecular formula is C18H16O3. The van der Waals surface area contributed by atoms with E-state index in [4.69, 9.17) is 0 Å². The molecule has 0 atom stereocenters. The predicted octanol–water partition coefficient (Wildman–Crippen LogP) is 3.81. The second kappa shape index (κ2) is 4.77. The molecule has 0 bridgehead atoms. The third kappa shape index (κ3) is 1.93. The number of carboxylic acids is 1. The van der Waals surface area contributed by atoms with Gasteiger partial charge in [-0.2, -0.15) is 0 Å². The molecule has 3 heteroatoms. The Bertz CT molecular complexity index is 773. The Morgan fingerprint density at radius 2 is 1.90 bits per heavy atom. The molecule has 106 valence electrons. The predicted molar refractivity (Wildman–Crippen MR) is 82.7 cm³/mol. The van der Waals surface area contributed by atoms with Crippen molar-refractivity contribution in [1.82, 2.24) is 0 Å². The number of fused-ring (bicyclic) bond motifs is 3. The van der Waals surface area contributed by atoms with Crippen LogP contribution in [0.5, 0.6) is 5.75 Å². The van der Waals surface area contributed by atoms with Gasteiger partial charge in [0.25, 0.3) is 0 Å². The van der Waals surface area contributed by atoms with E-state index in [1.807, 2.05) is 13.0 Å². The summed E-state index contributed by atoms with van der Waals surface area (Å²) in [7, 11) is 0. The van der Waals surface area contributed by atoms with Gasteiger partial charge in [-0.15, -0.1) is 0 Å². The van der Waals surface area contributed by atoms with Gasteiger partial charge in [0.15, 0.2) is 0 Å². The number of aromatic carboxylic acids is 1. The van der Waals surface area contributed by atoms with Gasteiger partial charge in [-0.3, -0.25) is 0 Å². The highest BCUT2D eigenvalue weighted by Crippen LogP contribution is 2.41. The first-order valence-electron chi connectivity index (χ1n) is 6.88. The standard InChI is InChI=1S/C18H16O3/c1-3-11-4-5-15(18(20)21)14-7-6-12-10(2)16(19)9-8-13(12)17(11)14/h3-5,8-9,19H,1,6-7H2,2H3,(H,20,21). The van der Waals surface area contributed by atoms with Gasteiger partial charge < -0.3 is 10.2 Å². The van der Waals surface area contributed by atoms with Gasteiger partial charge in [-0.05, 0) is 65.3 Å². The summed E-state index contributed by atoms with van der Waals surface area (Å²) in [5.41, 5.74) is 6.05.